The molecular weight excluding hydrogens is 200 g/mol. The minimum Gasteiger partial charge on any atom is -0.464 e. The van der Waals surface area contributed by atoms with Gasteiger partial charge in [0.05, 0.1) is 13.0 Å². The van der Waals surface area contributed by atoms with E-state index < -0.39 is 12.0 Å². The maximum Gasteiger partial charge on any atom is 0.329 e. The molecule has 86 valence electrons. The minimum absolute atomic E-state index is 0.116. The number of hydrogen-bond donors (Lipinski definition) is 2. The first-order valence-electron chi connectivity index (χ1n) is 4.65. The molecule has 0 aromatic heterocycles. The first-order valence-corrected chi connectivity index (χ1v) is 4.65. The molecule has 6 heteroatoms. The van der Waals surface area contributed by atoms with Crippen molar-refractivity contribution < 1.29 is 19.1 Å². The van der Waals surface area contributed by atoms with E-state index in [-0.39, 0.29) is 24.8 Å². The van der Waals surface area contributed by atoms with Gasteiger partial charge >= 0.3 is 5.97 Å². The Morgan fingerprint density at radius 3 is 2.33 bits per heavy atom. The van der Waals surface area contributed by atoms with Crippen LogP contribution < -0.4 is 10.6 Å². The van der Waals surface area contributed by atoms with Crippen LogP contribution in [0.25, 0.3) is 0 Å². The van der Waals surface area contributed by atoms with E-state index in [1.54, 1.807) is 6.92 Å². The summed E-state index contributed by atoms with van der Waals surface area (Å²) in [5.41, 5.74) is 0. The van der Waals surface area contributed by atoms with Gasteiger partial charge in [-0.05, 0) is 6.92 Å². The normalized spacial score (nSPS) is 11.4. The Kier molecular flexibility index (Phi) is 6.08. The lowest BCUT2D eigenvalue weighted by molar-refractivity contribution is -0.148. The predicted octanol–water partition coefficient (Wildman–Crippen LogP) is -0.810. The zero-order valence-corrected chi connectivity index (χ0v) is 9.12. The summed E-state index contributed by atoms with van der Waals surface area (Å²) in [6.45, 7) is 3.14. The van der Waals surface area contributed by atoms with Gasteiger partial charge < -0.3 is 15.4 Å². The molecule has 0 aromatic rings. The summed E-state index contributed by atoms with van der Waals surface area (Å²) in [4.78, 5) is 33.1. The SMILES string of the molecule is CCOC(=O)[C@H](CC(=O)NC)NC(C)=O. The van der Waals surface area contributed by atoms with Gasteiger partial charge in [0.2, 0.25) is 11.8 Å². The molecule has 0 aromatic carbocycles. The zero-order chi connectivity index (χ0) is 11.8. The first kappa shape index (κ1) is 13.4. The smallest absolute Gasteiger partial charge is 0.329 e. The van der Waals surface area contributed by atoms with Crippen molar-refractivity contribution in [3.63, 3.8) is 0 Å². The van der Waals surface area contributed by atoms with Crippen LogP contribution in [0, 0.1) is 0 Å². The Hall–Kier alpha value is -1.59. The van der Waals surface area contributed by atoms with Gasteiger partial charge in [0.15, 0.2) is 0 Å². The first-order chi connectivity index (χ1) is 7.01. The van der Waals surface area contributed by atoms with Crippen molar-refractivity contribution in [2.45, 2.75) is 26.3 Å². The van der Waals surface area contributed by atoms with Crippen molar-refractivity contribution in [1.29, 1.82) is 0 Å². The molecule has 0 fully saturated rings. The van der Waals surface area contributed by atoms with E-state index in [0.717, 1.165) is 0 Å². The Morgan fingerprint density at radius 1 is 1.33 bits per heavy atom. The van der Waals surface area contributed by atoms with Crippen LogP contribution in [0.15, 0.2) is 0 Å². The van der Waals surface area contributed by atoms with Gasteiger partial charge in [-0.25, -0.2) is 4.79 Å². The number of hydrogen-bond acceptors (Lipinski definition) is 4. The highest BCUT2D eigenvalue weighted by atomic mass is 16.5. The lowest BCUT2D eigenvalue weighted by Crippen LogP contribution is -2.43. The van der Waals surface area contributed by atoms with Crippen LogP contribution in [-0.4, -0.2) is 37.5 Å². The number of carbonyl (C=O) groups is 3. The van der Waals surface area contributed by atoms with Crippen molar-refractivity contribution in [1.82, 2.24) is 10.6 Å². The quantitative estimate of drug-likeness (QED) is 0.589. The second-order valence-corrected chi connectivity index (χ2v) is 2.88. The molecule has 0 spiro atoms. The monoisotopic (exact) mass is 216 g/mol. The van der Waals surface area contributed by atoms with E-state index in [2.05, 4.69) is 10.6 Å². The Balaban J connectivity index is 4.36. The van der Waals surface area contributed by atoms with Crippen LogP contribution in [0.4, 0.5) is 0 Å². The van der Waals surface area contributed by atoms with E-state index in [1.807, 2.05) is 0 Å². The summed E-state index contributed by atoms with van der Waals surface area (Å²) in [5, 5.41) is 4.72. The molecule has 6 nitrogen and oxygen atoms in total. The average molecular weight is 216 g/mol. The molecule has 1 atom stereocenters. The summed E-state index contributed by atoms with van der Waals surface area (Å²) in [6, 6.07) is -0.914. The fraction of sp³-hybridized carbons (Fsp3) is 0.667. The molecule has 0 heterocycles. The Bertz CT molecular complexity index is 252. The van der Waals surface area contributed by atoms with Crippen LogP contribution in [-0.2, 0) is 19.1 Å². The predicted molar refractivity (Wildman–Crippen MR) is 52.9 cm³/mol. The maximum atomic E-state index is 11.3. The van der Waals surface area contributed by atoms with Crippen molar-refractivity contribution in [2.75, 3.05) is 13.7 Å². The zero-order valence-electron chi connectivity index (χ0n) is 9.12. The number of ether oxygens (including phenoxy) is 1. The molecule has 2 N–H and O–H groups in total. The maximum absolute atomic E-state index is 11.3. The molecule has 0 bridgehead atoms. The van der Waals surface area contributed by atoms with Crippen molar-refractivity contribution in [2.24, 2.45) is 0 Å². The Labute approximate surface area is 88.4 Å². The second-order valence-electron chi connectivity index (χ2n) is 2.88. The largest absolute Gasteiger partial charge is 0.464 e. The number of rotatable bonds is 5. The van der Waals surface area contributed by atoms with Crippen molar-refractivity contribution in [3.05, 3.63) is 0 Å². The number of esters is 1. The van der Waals surface area contributed by atoms with E-state index in [0.29, 0.717) is 0 Å². The summed E-state index contributed by atoms with van der Waals surface area (Å²) >= 11 is 0. The fourth-order valence-electron chi connectivity index (χ4n) is 0.969. The Morgan fingerprint density at radius 2 is 1.93 bits per heavy atom. The minimum atomic E-state index is -0.914. The van der Waals surface area contributed by atoms with Crippen molar-refractivity contribution in [3.8, 4) is 0 Å². The summed E-state index contributed by atoms with van der Waals surface area (Å²) in [6.07, 6.45) is -0.116. The molecule has 0 radical (unpaired) electrons. The van der Waals surface area contributed by atoms with Gasteiger partial charge in [0.25, 0.3) is 0 Å². The molecular formula is C9H16N2O4. The number of nitrogens with one attached hydrogen (secondary N) is 2. The third-order valence-electron chi connectivity index (χ3n) is 1.62. The second kappa shape index (κ2) is 6.80. The van der Waals surface area contributed by atoms with Crippen LogP contribution in [0.3, 0.4) is 0 Å². The van der Waals surface area contributed by atoms with Crippen LogP contribution >= 0.6 is 0 Å². The van der Waals surface area contributed by atoms with Crippen LogP contribution in [0.2, 0.25) is 0 Å². The topological polar surface area (TPSA) is 84.5 Å². The van der Waals surface area contributed by atoms with Gasteiger partial charge in [0.1, 0.15) is 6.04 Å². The lowest BCUT2D eigenvalue weighted by Gasteiger charge is -2.15. The van der Waals surface area contributed by atoms with Gasteiger partial charge in [-0.3, -0.25) is 9.59 Å². The van der Waals surface area contributed by atoms with Gasteiger partial charge in [-0.2, -0.15) is 0 Å². The third kappa shape index (κ3) is 5.66. The van der Waals surface area contributed by atoms with Crippen LogP contribution in [0.1, 0.15) is 20.3 Å². The highest BCUT2D eigenvalue weighted by molar-refractivity contribution is 5.88. The molecule has 0 aliphatic heterocycles. The van der Waals surface area contributed by atoms with E-state index in [4.69, 9.17) is 4.74 Å². The summed E-state index contributed by atoms with van der Waals surface area (Å²) in [7, 11) is 1.46. The van der Waals surface area contributed by atoms with E-state index in [9.17, 15) is 14.4 Å². The molecule has 15 heavy (non-hydrogen) atoms. The lowest BCUT2D eigenvalue weighted by atomic mass is 10.2. The number of carbonyl (C=O) groups excluding carboxylic acids is 3. The molecule has 0 aliphatic rings. The summed E-state index contributed by atoms with van der Waals surface area (Å²) in [5.74, 6) is -1.31. The molecule has 0 aliphatic carbocycles. The highest BCUT2D eigenvalue weighted by Gasteiger charge is 2.23. The van der Waals surface area contributed by atoms with E-state index >= 15 is 0 Å². The van der Waals surface area contributed by atoms with E-state index in [1.165, 1.54) is 14.0 Å². The molecule has 0 saturated carbocycles. The molecule has 2 amide bonds. The van der Waals surface area contributed by atoms with Crippen LogP contribution in [0.5, 0.6) is 0 Å². The van der Waals surface area contributed by atoms with Crippen molar-refractivity contribution >= 4 is 17.8 Å². The van der Waals surface area contributed by atoms with Gasteiger partial charge in [-0.15, -0.1) is 0 Å². The van der Waals surface area contributed by atoms with Gasteiger partial charge in [0, 0.05) is 14.0 Å². The third-order valence-corrected chi connectivity index (χ3v) is 1.62. The average Bonchev–Trinajstić information content (AvgIpc) is 2.16. The van der Waals surface area contributed by atoms with Gasteiger partial charge in [-0.1, -0.05) is 0 Å². The molecule has 0 saturated heterocycles. The molecule has 0 unspecified atom stereocenters. The highest BCUT2D eigenvalue weighted by Crippen LogP contribution is 1.96. The fourth-order valence-corrected chi connectivity index (χ4v) is 0.969. The standard InChI is InChI=1S/C9H16N2O4/c1-4-15-9(14)7(11-6(2)12)5-8(13)10-3/h7H,4-5H2,1-3H3,(H,10,13)(H,11,12)/t7-/m0/s1. The summed E-state index contributed by atoms with van der Waals surface area (Å²) < 4.78 is 4.72. The molecule has 0 rings (SSSR count). The number of amides is 2.